The summed E-state index contributed by atoms with van der Waals surface area (Å²) in [6.45, 7) is 2.32. The Morgan fingerprint density at radius 3 is 2.75 bits per heavy atom. The van der Waals surface area contributed by atoms with E-state index >= 15 is 0 Å². The summed E-state index contributed by atoms with van der Waals surface area (Å²) < 4.78 is 0. The van der Waals surface area contributed by atoms with Gasteiger partial charge in [0.25, 0.3) is 5.91 Å². The van der Waals surface area contributed by atoms with Crippen molar-refractivity contribution < 1.29 is 4.79 Å². The van der Waals surface area contributed by atoms with Gasteiger partial charge < -0.3 is 10.6 Å². The van der Waals surface area contributed by atoms with Gasteiger partial charge >= 0.3 is 0 Å². The number of anilines is 1. The average Bonchev–Trinajstić information content (AvgIpc) is 3.32. The maximum Gasteiger partial charge on any atom is 0.270 e. The van der Waals surface area contributed by atoms with Crippen LogP contribution in [0.1, 0.15) is 34.6 Å². The molecule has 1 aromatic carbocycles. The van der Waals surface area contributed by atoms with Gasteiger partial charge in [-0.2, -0.15) is 0 Å². The molecule has 0 bridgehead atoms. The second kappa shape index (κ2) is 7.36. The summed E-state index contributed by atoms with van der Waals surface area (Å²) in [5.41, 5.74) is 2.07. The first-order chi connectivity index (χ1) is 11.5. The van der Waals surface area contributed by atoms with Crippen molar-refractivity contribution in [1.29, 1.82) is 0 Å². The van der Waals surface area contributed by atoms with E-state index in [1.807, 2.05) is 13.0 Å². The Balaban J connectivity index is 1.59. The highest BCUT2D eigenvalue weighted by Gasteiger charge is 2.22. The topological polar surface area (TPSA) is 66.9 Å². The second-order valence-corrected chi connectivity index (χ2v) is 6.72. The summed E-state index contributed by atoms with van der Waals surface area (Å²) in [7, 11) is 0. The summed E-state index contributed by atoms with van der Waals surface area (Å²) in [5.74, 6) is 0.299. The lowest BCUT2D eigenvalue weighted by molar-refractivity contribution is 0.0949. The monoisotopic (exact) mass is 364 g/mol. The Kier molecular flexibility index (Phi) is 5.21. The molecule has 1 amide bonds. The van der Waals surface area contributed by atoms with Crippen LogP contribution in [-0.4, -0.2) is 28.5 Å². The van der Waals surface area contributed by atoms with Crippen LogP contribution in [0.3, 0.4) is 0 Å². The molecule has 0 aliphatic heterocycles. The molecule has 0 spiro atoms. The van der Waals surface area contributed by atoms with Crippen molar-refractivity contribution in [2.45, 2.75) is 32.2 Å². The van der Waals surface area contributed by atoms with Gasteiger partial charge in [-0.3, -0.25) is 4.79 Å². The molecule has 1 aliphatic carbocycles. The smallest absolute Gasteiger partial charge is 0.270 e. The van der Waals surface area contributed by atoms with Gasteiger partial charge in [-0.1, -0.05) is 29.3 Å². The third-order valence-electron chi connectivity index (χ3n) is 3.69. The quantitative estimate of drug-likeness (QED) is 0.820. The van der Waals surface area contributed by atoms with E-state index < -0.39 is 0 Å². The molecule has 126 valence electrons. The molecule has 0 unspecified atom stereocenters. The minimum Gasteiger partial charge on any atom is -0.351 e. The Labute approximate surface area is 150 Å². The number of halogens is 2. The number of aryl methyl sites for hydroxylation is 1. The van der Waals surface area contributed by atoms with Crippen molar-refractivity contribution >= 4 is 35.1 Å². The number of amides is 1. The van der Waals surface area contributed by atoms with Crippen LogP contribution < -0.4 is 10.6 Å². The standard InChI is InChI=1S/C17H18Cl2N4O/c1-10-8-15(23-17(21-10)22-13-4-5-13)16(24)20-7-6-11-2-3-12(18)9-14(11)19/h2-3,8-9,13H,4-7H2,1H3,(H,20,24)(H,21,22,23). The zero-order valence-corrected chi connectivity index (χ0v) is 14.8. The van der Waals surface area contributed by atoms with E-state index in [9.17, 15) is 4.79 Å². The van der Waals surface area contributed by atoms with Crippen molar-refractivity contribution in [2.24, 2.45) is 0 Å². The number of hydrogen-bond donors (Lipinski definition) is 2. The van der Waals surface area contributed by atoms with Gasteiger partial charge in [0.05, 0.1) is 0 Å². The number of rotatable bonds is 6. The summed E-state index contributed by atoms with van der Waals surface area (Å²) in [4.78, 5) is 20.9. The molecular formula is C17H18Cl2N4O. The SMILES string of the molecule is Cc1cc(C(=O)NCCc2ccc(Cl)cc2Cl)nc(NC2CC2)n1. The van der Waals surface area contributed by atoms with Crippen LogP contribution >= 0.6 is 23.2 Å². The molecule has 0 saturated heterocycles. The average molecular weight is 365 g/mol. The van der Waals surface area contributed by atoms with E-state index in [4.69, 9.17) is 23.2 Å². The maximum atomic E-state index is 12.3. The summed E-state index contributed by atoms with van der Waals surface area (Å²) in [5, 5.41) is 7.28. The molecule has 2 aromatic rings. The number of aromatic nitrogens is 2. The summed E-state index contributed by atoms with van der Waals surface area (Å²) >= 11 is 12.0. The lowest BCUT2D eigenvalue weighted by Crippen LogP contribution is -2.27. The molecule has 1 heterocycles. The zero-order chi connectivity index (χ0) is 17.1. The molecule has 2 N–H and O–H groups in total. The van der Waals surface area contributed by atoms with Gasteiger partial charge in [-0.25, -0.2) is 9.97 Å². The molecule has 0 radical (unpaired) electrons. The molecule has 5 nitrogen and oxygen atoms in total. The van der Waals surface area contributed by atoms with Crippen molar-refractivity contribution in [3.8, 4) is 0 Å². The predicted molar refractivity (Wildman–Crippen MR) is 95.9 cm³/mol. The number of carbonyl (C=O) groups excluding carboxylic acids is 1. The van der Waals surface area contributed by atoms with Crippen molar-refractivity contribution in [3.63, 3.8) is 0 Å². The van der Waals surface area contributed by atoms with Crippen molar-refractivity contribution in [2.75, 3.05) is 11.9 Å². The fraction of sp³-hybridized carbons (Fsp3) is 0.353. The third-order valence-corrected chi connectivity index (χ3v) is 4.28. The fourth-order valence-electron chi connectivity index (χ4n) is 2.29. The molecule has 3 rings (SSSR count). The third kappa shape index (κ3) is 4.58. The number of nitrogens with zero attached hydrogens (tertiary/aromatic N) is 2. The summed E-state index contributed by atoms with van der Waals surface area (Å²) in [6, 6.07) is 7.47. The van der Waals surface area contributed by atoms with E-state index in [1.165, 1.54) is 0 Å². The second-order valence-electron chi connectivity index (χ2n) is 5.88. The molecule has 0 atom stereocenters. The van der Waals surface area contributed by atoms with Gasteiger partial charge in [-0.05, 0) is 49.9 Å². The Bertz CT molecular complexity index is 762. The van der Waals surface area contributed by atoms with Gasteiger partial charge in [0.2, 0.25) is 5.95 Å². The minimum atomic E-state index is -0.218. The molecule has 1 fully saturated rings. The fourth-order valence-corrected chi connectivity index (χ4v) is 2.79. The van der Waals surface area contributed by atoms with Crippen LogP contribution in [0.15, 0.2) is 24.3 Å². The largest absolute Gasteiger partial charge is 0.351 e. The van der Waals surface area contributed by atoms with Crippen LogP contribution in [-0.2, 0) is 6.42 Å². The predicted octanol–water partition coefficient (Wildman–Crippen LogP) is 3.64. The van der Waals surface area contributed by atoms with Crippen LogP contribution in [0.25, 0.3) is 0 Å². The first-order valence-corrected chi connectivity index (χ1v) is 8.61. The maximum absolute atomic E-state index is 12.3. The first kappa shape index (κ1) is 17.0. The normalized spacial score (nSPS) is 13.6. The zero-order valence-electron chi connectivity index (χ0n) is 13.3. The van der Waals surface area contributed by atoms with E-state index in [0.29, 0.717) is 40.7 Å². The van der Waals surface area contributed by atoms with Crippen LogP contribution in [0.4, 0.5) is 5.95 Å². The Morgan fingerprint density at radius 2 is 2.04 bits per heavy atom. The number of hydrogen-bond acceptors (Lipinski definition) is 4. The van der Waals surface area contributed by atoms with E-state index in [1.54, 1.807) is 18.2 Å². The number of carbonyl (C=O) groups is 1. The molecule has 1 saturated carbocycles. The van der Waals surface area contributed by atoms with Crippen LogP contribution in [0.2, 0.25) is 10.0 Å². The highest BCUT2D eigenvalue weighted by atomic mass is 35.5. The van der Waals surface area contributed by atoms with Crippen molar-refractivity contribution in [3.05, 3.63) is 51.3 Å². The highest BCUT2D eigenvalue weighted by Crippen LogP contribution is 2.23. The number of nitrogens with one attached hydrogen (secondary N) is 2. The molecule has 24 heavy (non-hydrogen) atoms. The van der Waals surface area contributed by atoms with E-state index in [-0.39, 0.29) is 5.91 Å². The molecule has 7 heteroatoms. The van der Waals surface area contributed by atoms with Gasteiger partial charge in [0.1, 0.15) is 5.69 Å². The molecule has 1 aliphatic rings. The minimum absolute atomic E-state index is 0.218. The van der Waals surface area contributed by atoms with E-state index in [0.717, 1.165) is 24.1 Å². The van der Waals surface area contributed by atoms with Gasteiger partial charge in [0, 0.05) is 28.3 Å². The summed E-state index contributed by atoms with van der Waals surface area (Å²) in [6.07, 6.45) is 2.88. The lowest BCUT2D eigenvalue weighted by Gasteiger charge is -2.09. The lowest BCUT2D eigenvalue weighted by atomic mass is 10.1. The van der Waals surface area contributed by atoms with Crippen LogP contribution in [0.5, 0.6) is 0 Å². The Morgan fingerprint density at radius 1 is 1.25 bits per heavy atom. The van der Waals surface area contributed by atoms with Crippen molar-refractivity contribution in [1.82, 2.24) is 15.3 Å². The molecule has 1 aromatic heterocycles. The highest BCUT2D eigenvalue weighted by molar-refractivity contribution is 6.35. The van der Waals surface area contributed by atoms with Gasteiger partial charge in [-0.15, -0.1) is 0 Å². The Hall–Kier alpha value is -1.85. The van der Waals surface area contributed by atoms with E-state index in [2.05, 4.69) is 20.6 Å². The van der Waals surface area contributed by atoms with Crippen LogP contribution in [0, 0.1) is 6.92 Å². The first-order valence-electron chi connectivity index (χ1n) is 7.85. The van der Waals surface area contributed by atoms with Gasteiger partial charge in [0.15, 0.2) is 0 Å². The number of benzene rings is 1. The molecular weight excluding hydrogens is 347 g/mol.